The third-order valence-corrected chi connectivity index (χ3v) is 10.3. The molecule has 0 saturated heterocycles. The van der Waals surface area contributed by atoms with Crippen molar-refractivity contribution in [3.63, 3.8) is 0 Å². The first kappa shape index (κ1) is 21.0. The average molecular weight is 387 g/mol. The standard InChI is InChI=1S/C27H46O/c1-18(2)7-6-8-19(3)23-11-12-24-22-10-9-20-17-21(28)13-15-26(20,4)25(22)14-16-27(23,24)5/h9,18-19,21-25,28H,6-8,10-17H2,1-5H3/t19-,21+,22+,23?,24+,25?,26?,27?/m1/s1. The van der Waals surface area contributed by atoms with Crippen molar-refractivity contribution in [1.82, 2.24) is 0 Å². The molecule has 28 heavy (non-hydrogen) atoms. The van der Waals surface area contributed by atoms with Gasteiger partial charge in [0.2, 0.25) is 0 Å². The van der Waals surface area contributed by atoms with Crippen molar-refractivity contribution in [1.29, 1.82) is 0 Å². The number of aliphatic hydroxyl groups is 1. The van der Waals surface area contributed by atoms with Crippen LogP contribution in [0.25, 0.3) is 0 Å². The van der Waals surface area contributed by atoms with Gasteiger partial charge in [-0.2, -0.15) is 0 Å². The van der Waals surface area contributed by atoms with Crippen LogP contribution in [0.3, 0.4) is 0 Å². The predicted octanol–water partition coefficient (Wildman–Crippen LogP) is 7.39. The van der Waals surface area contributed by atoms with E-state index >= 15 is 0 Å². The fourth-order valence-electron chi connectivity index (χ4n) is 8.67. The second-order valence-electron chi connectivity index (χ2n) is 12.2. The number of allylic oxidation sites excluding steroid dienone is 1. The average Bonchev–Trinajstić information content (AvgIpc) is 2.99. The fraction of sp³-hybridized carbons (Fsp3) is 0.926. The van der Waals surface area contributed by atoms with Gasteiger partial charge in [0.05, 0.1) is 6.10 Å². The molecule has 0 spiro atoms. The Morgan fingerprint density at radius 2 is 1.79 bits per heavy atom. The van der Waals surface area contributed by atoms with Gasteiger partial charge in [0.15, 0.2) is 0 Å². The molecule has 0 aromatic rings. The lowest BCUT2D eigenvalue weighted by Crippen LogP contribution is -2.50. The van der Waals surface area contributed by atoms with Crippen molar-refractivity contribution in [2.24, 2.45) is 46.3 Å². The molecule has 4 unspecified atom stereocenters. The van der Waals surface area contributed by atoms with Gasteiger partial charge in [-0.1, -0.05) is 65.5 Å². The number of hydrogen-bond acceptors (Lipinski definition) is 1. The van der Waals surface area contributed by atoms with E-state index in [0.29, 0.717) is 10.8 Å². The summed E-state index contributed by atoms with van der Waals surface area (Å²) in [6.07, 6.45) is 17.2. The molecule has 0 amide bonds. The van der Waals surface area contributed by atoms with Crippen molar-refractivity contribution in [2.75, 3.05) is 0 Å². The van der Waals surface area contributed by atoms with E-state index in [4.69, 9.17) is 0 Å². The molecule has 1 N–H and O–H groups in total. The minimum atomic E-state index is -0.0766. The molecule has 0 bridgehead atoms. The molecular weight excluding hydrogens is 340 g/mol. The maximum Gasteiger partial charge on any atom is 0.0577 e. The van der Waals surface area contributed by atoms with Gasteiger partial charge in [-0.05, 0) is 97.7 Å². The van der Waals surface area contributed by atoms with Crippen LogP contribution in [0.15, 0.2) is 11.6 Å². The molecular formula is C27H46O. The lowest BCUT2D eigenvalue weighted by Gasteiger charge is -2.58. The third-order valence-electron chi connectivity index (χ3n) is 10.3. The Labute approximate surface area is 174 Å². The summed E-state index contributed by atoms with van der Waals surface area (Å²) in [6, 6.07) is 0. The van der Waals surface area contributed by atoms with Crippen LogP contribution in [0, 0.1) is 46.3 Å². The maximum atomic E-state index is 10.2. The SMILES string of the molecule is CC(C)CCC[C@@H](C)C1CC[C@H]2[C@@H]3CC=C4C[C@@H](O)CCC4(C)C3CCC12C. The zero-order valence-corrected chi connectivity index (χ0v) is 19.3. The maximum absolute atomic E-state index is 10.2. The largest absolute Gasteiger partial charge is 0.393 e. The zero-order valence-electron chi connectivity index (χ0n) is 19.3. The van der Waals surface area contributed by atoms with Gasteiger partial charge in [0.1, 0.15) is 0 Å². The van der Waals surface area contributed by atoms with Crippen molar-refractivity contribution < 1.29 is 5.11 Å². The molecule has 160 valence electrons. The van der Waals surface area contributed by atoms with E-state index in [1.54, 1.807) is 5.57 Å². The number of aliphatic hydroxyl groups excluding tert-OH is 1. The number of rotatable bonds is 5. The van der Waals surface area contributed by atoms with Gasteiger partial charge in [0.25, 0.3) is 0 Å². The highest BCUT2D eigenvalue weighted by molar-refractivity contribution is 5.25. The molecule has 0 aromatic carbocycles. The van der Waals surface area contributed by atoms with Gasteiger partial charge < -0.3 is 5.11 Å². The van der Waals surface area contributed by atoms with Crippen LogP contribution in [0.1, 0.15) is 105 Å². The Bertz CT molecular complexity index is 591. The van der Waals surface area contributed by atoms with Gasteiger partial charge in [-0.3, -0.25) is 0 Å². The fourth-order valence-corrected chi connectivity index (χ4v) is 8.67. The van der Waals surface area contributed by atoms with E-state index in [0.717, 1.165) is 48.3 Å². The number of fused-ring (bicyclic) bond motifs is 5. The summed E-state index contributed by atoms with van der Waals surface area (Å²) in [5, 5.41) is 10.2. The topological polar surface area (TPSA) is 20.2 Å². The highest BCUT2D eigenvalue weighted by Crippen LogP contribution is 2.67. The number of hydrogen-bond donors (Lipinski definition) is 1. The summed E-state index contributed by atoms with van der Waals surface area (Å²) >= 11 is 0. The quantitative estimate of drug-likeness (QED) is 0.488. The van der Waals surface area contributed by atoms with Crippen LogP contribution < -0.4 is 0 Å². The Hall–Kier alpha value is -0.300. The lowest BCUT2D eigenvalue weighted by molar-refractivity contribution is -0.0573. The summed E-state index contributed by atoms with van der Waals surface area (Å²) in [5.41, 5.74) is 2.60. The van der Waals surface area contributed by atoms with Crippen LogP contribution in [0.5, 0.6) is 0 Å². The molecule has 1 nitrogen and oxygen atoms in total. The first-order valence-electron chi connectivity index (χ1n) is 12.6. The lowest BCUT2D eigenvalue weighted by atomic mass is 9.47. The molecule has 4 aliphatic carbocycles. The van der Waals surface area contributed by atoms with E-state index in [1.807, 2.05) is 0 Å². The zero-order chi connectivity index (χ0) is 20.1. The van der Waals surface area contributed by atoms with Crippen LogP contribution in [-0.4, -0.2) is 11.2 Å². The van der Waals surface area contributed by atoms with E-state index in [2.05, 4.69) is 40.7 Å². The van der Waals surface area contributed by atoms with Gasteiger partial charge >= 0.3 is 0 Å². The Morgan fingerprint density at radius 1 is 1.00 bits per heavy atom. The summed E-state index contributed by atoms with van der Waals surface area (Å²) in [5.74, 6) is 5.46. The normalized spacial score (nSPS) is 46.5. The second-order valence-corrected chi connectivity index (χ2v) is 12.2. The molecule has 3 fully saturated rings. The van der Waals surface area contributed by atoms with Crippen molar-refractivity contribution in [3.05, 3.63) is 11.6 Å². The minimum Gasteiger partial charge on any atom is -0.393 e. The highest BCUT2D eigenvalue weighted by Gasteiger charge is 2.59. The minimum absolute atomic E-state index is 0.0766. The summed E-state index contributed by atoms with van der Waals surface area (Å²) in [7, 11) is 0. The second kappa shape index (κ2) is 7.75. The van der Waals surface area contributed by atoms with E-state index in [1.165, 1.54) is 57.8 Å². The highest BCUT2D eigenvalue weighted by atomic mass is 16.3. The summed E-state index contributed by atoms with van der Waals surface area (Å²) in [6.45, 7) is 12.6. The van der Waals surface area contributed by atoms with Gasteiger partial charge in [0, 0.05) is 0 Å². The molecule has 0 aromatic heterocycles. The Kier molecular flexibility index (Phi) is 5.80. The van der Waals surface area contributed by atoms with E-state index < -0.39 is 0 Å². The molecule has 0 radical (unpaired) electrons. The smallest absolute Gasteiger partial charge is 0.0577 e. The monoisotopic (exact) mass is 386 g/mol. The first-order valence-corrected chi connectivity index (χ1v) is 12.6. The van der Waals surface area contributed by atoms with Crippen LogP contribution in [0.2, 0.25) is 0 Å². The van der Waals surface area contributed by atoms with Crippen LogP contribution in [0.4, 0.5) is 0 Å². The molecule has 3 saturated carbocycles. The molecule has 8 atom stereocenters. The Morgan fingerprint density at radius 3 is 2.54 bits per heavy atom. The molecule has 4 aliphatic rings. The van der Waals surface area contributed by atoms with Crippen LogP contribution >= 0.6 is 0 Å². The Balaban J connectivity index is 1.49. The van der Waals surface area contributed by atoms with Gasteiger partial charge in [-0.25, -0.2) is 0 Å². The summed E-state index contributed by atoms with van der Waals surface area (Å²) < 4.78 is 0. The summed E-state index contributed by atoms with van der Waals surface area (Å²) in [4.78, 5) is 0. The van der Waals surface area contributed by atoms with Crippen LogP contribution in [-0.2, 0) is 0 Å². The molecule has 0 heterocycles. The third kappa shape index (κ3) is 3.42. The predicted molar refractivity (Wildman–Crippen MR) is 119 cm³/mol. The van der Waals surface area contributed by atoms with Crippen molar-refractivity contribution in [3.8, 4) is 0 Å². The molecule has 1 heteroatoms. The van der Waals surface area contributed by atoms with Crippen molar-refractivity contribution >= 4 is 0 Å². The van der Waals surface area contributed by atoms with Gasteiger partial charge in [-0.15, -0.1) is 0 Å². The van der Waals surface area contributed by atoms with Crippen molar-refractivity contribution in [2.45, 2.75) is 111 Å². The molecule has 4 rings (SSSR count). The molecule has 0 aliphatic heterocycles. The van der Waals surface area contributed by atoms with E-state index in [9.17, 15) is 5.11 Å². The first-order chi connectivity index (χ1) is 13.3. The van der Waals surface area contributed by atoms with E-state index in [-0.39, 0.29) is 6.10 Å².